The third-order valence-electron chi connectivity index (χ3n) is 6.89. The topological polar surface area (TPSA) is 327 Å². The lowest BCUT2D eigenvalue weighted by Crippen LogP contribution is -2.59. The molecule has 47 heavy (non-hydrogen) atoms. The smallest absolute Gasteiger partial charge is 0.326 e. The summed E-state index contributed by atoms with van der Waals surface area (Å²) in [6.07, 6.45) is -0.228. The molecule has 0 saturated carbocycles. The first-order valence-corrected chi connectivity index (χ1v) is 15.0. The van der Waals surface area contributed by atoms with Crippen LogP contribution in [0.3, 0.4) is 0 Å². The van der Waals surface area contributed by atoms with E-state index < -0.39 is 84.6 Å². The molecule has 0 spiro atoms. The van der Waals surface area contributed by atoms with Crippen LogP contribution in [0.15, 0.2) is 24.3 Å². The number of hydrogen-bond acceptors (Lipinski definition) is 11. The third-order valence-corrected chi connectivity index (χ3v) is 6.89. The number of rotatable bonds is 23. The van der Waals surface area contributed by atoms with Crippen LogP contribution in [0.5, 0.6) is 5.75 Å². The number of benzene rings is 1. The van der Waals surface area contributed by atoms with E-state index in [0.29, 0.717) is 37.8 Å². The highest BCUT2D eigenvalue weighted by atomic mass is 16.4. The fraction of sp³-hybridized carbons (Fsp3) is 0.552. The molecule has 18 nitrogen and oxygen atoms in total. The van der Waals surface area contributed by atoms with E-state index in [1.54, 1.807) is 0 Å². The van der Waals surface area contributed by atoms with Crippen molar-refractivity contribution in [1.29, 1.82) is 0 Å². The van der Waals surface area contributed by atoms with Crippen molar-refractivity contribution in [3.63, 3.8) is 0 Å². The molecule has 1 aromatic rings. The SMILES string of the molecule is NCCCC[C@H](NC(=O)[C@H](CC(=O)O)NC(=O)[C@H](CCCCN)NC(=O)[C@H](Cc1ccc(O)cc1)NC(=O)[C@@H](N)CC(=O)O)C(=O)O. The van der Waals surface area contributed by atoms with Crippen molar-refractivity contribution in [1.82, 2.24) is 21.3 Å². The second-order valence-corrected chi connectivity index (χ2v) is 10.8. The van der Waals surface area contributed by atoms with E-state index in [1.807, 2.05) is 0 Å². The van der Waals surface area contributed by atoms with Gasteiger partial charge in [0.05, 0.1) is 18.9 Å². The Hall–Kier alpha value is -4.81. The van der Waals surface area contributed by atoms with E-state index in [-0.39, 0.29) is 31.6 Å². The molecule has 1 rings (SSSR count). The number of nitrogens with one attached hydrogen (secondary N) is 4. The minimum absolute atomic E-state index is 0.00798. The van der Waals surface area contributed by atoms with Crippen molar-refractivity contribution in [3.05, 3.63) is 29.8 Å². The molecule has 4 amide bonds. The molecule has 18 heteroatoms. The Morgan fingerprint density at radius 2 is 1.04 bits per heavy atom. The van der Waals surface area contributed by atoms with Crippen molar-refractivity contribution in [3.8, 4) is 5.75 Å². The first-order valence-electron chi connectivity index (χ1n) is 15.0. The molecule has 262 valence electrons. The maximum absolute atomic E-state index is 13.5. The molecule has 0 aliphatic carbocycles. The zero-order chi connectivity index (χ0) is 35.5. The Morgan fingerprint density at radius 3 is 1.55 bits per heavy atom. The number of unbranched alkanes of at least 4 members (excludes halogenated alkanes) is 2. The molecular formula is C29H45N7O11. The number of carboxylic acid groups (broad SMARTS) is 3. The lowest BCUT2D eigenvalue weighted by Gasteiger charge is -2.26. The van der Waals surface area contributed by atoms with Crippen LogP contribution in [0.4, 0.5) is 0 Å². The number of phenolic OH excluding ortho intramolecular Hbond substituents is 1. The zero-order valence-corrected chi connectivity index (χ0v) is 25.9. The summed E-state index contributed by atoms with van der Waals surface area (Å²) in [5.74, 6) is -8.16. The van der Waals surface area contributed by atoms with Gasteiger partial charge in [-0.05, 0) is 69.3 Å². The summed E-state index contributed by atoms with van der Waals surface area (Å²) in [5.41, 5.74) is 17.1. The first-order chi connectivity index (χ1) is 22.2. The molecule has 0 aliphatic rings. The largest absolute Gasteiger partial charge is 0.508 e. The molecule has 0 fully saturated rings. The van der Waals surface area contributed by atoms with Gasteiger partial charge in [-0.3, -0.25) is 28.8 Å². The number of aliphatic carboxylic acids is 3. The van der Waals surface area contributed by atoms with Crippen LogP contribution < -0.4 is 38.5 Å². The number of phenols is 1. The summed E-state index contributed by atoms with van der Waals surface area (Å²) in [6.45, 7) is 0.540. The van der Waals surface area contributed by atoms with Gasteiger partial charge < -0.3 is 58.9 Å². The summed E-state index contributed by atoms with van der Waals surface area (Å²) in [6, 6.07) is -1.74. The summed E-state index contributed by atoms with van der Waals surface area (Å²) in [5, 5.41) is 46.9. The van der Waals surface area contributed by atoms with Crippen LogP contribution in [0.2, 0.25) is 0 Å². The number of carboxylic acids is 3. The fourth-order valence-electron chi connectivity index (χ4n) is 4.35. The van der Waals surface area contributed by atoms with Crippen molar-refractivity contribution >= 4 is 41.5 Å². The van der Waals surface area contributed by atoms with Crippen molar-refractivity contribution < 1.29 is 54.0 Å². The second kappa shape index (κ2) is 21.1. The minimum Gasteiger partial charge on any atom is -0.508 e. The number of carbonyl (C=O) groups excluding carboxylic acids is 4. The quantitative estimate of drug-likeness (QED) is 0.0537. The van der Waals surface area contributed by atoms with Crippen LogP contribution in [0, 0.1) is 0 Å². The molecule has 0 aliphatic heterocycles. The second-order valence-electron chi connectivity index (χ2n) is 10.8. The highest BCUT2D eigenvalue weighted by Crippen LogP contribution is 2.13. The van der Waals surface area contributed by atoms with E-state index in [1.165, 1.54) is 24.3 Å². The predicted octanol–water partition coefficient (Wildman–Crippen LogP) is -2.51. The van der Waals surface area contributed by atoms with Gasteiger partial charge in [-0.2, -0.15) is 0 Å². The predicted molar refractivity (Wildman–Crippen MR) is 165 cm³/mol. The van der Waals surface area contributed by atoms with Gasteiger partial charge >= 0.3 is 17.9 Å². The third kappa shape index (κ3) is 15.8. The van der Waals surface area contributed by atoms with E-state index >= 15 is 0 Å². The number of amides is 4. The average molecular weight is 668 g/mol. The molecule has 0 radical (unpaired) electrons. The molecule has 0 unspecified atom stereocenters. The normalized spacial score (nSPS) is 14.0. The van der Waals surface area contributed by atoms with Gasteiger partial charge in [-0.25, -0.2) is 4.79 Å². The van der Waals surface area contributed by atoms with Crippen LogP contribution in [0.1, 0.15) is 56.9 Å². The van der Waals surface area contributed by atoms with E-state index in [0.717, 1.165) is 0 Å². The molecular weight excluding hydrogens is 622 g/mol. The van der Waals surface area contributed by atoms with Gasteiger partial charge in [-0.1, -0.05) is 12.1 Å². The van der Waals surface area contributed by atoms with Crippen molar-refractivity contribution in [2.45, 2.75) is 88.0 Å². The van der Waals surface area contributed by atoms with Gasteiger partial charge in [0.15, 0.2) is 0 Å². The number of hydrogen-bond donors (Lipinski definition) is 11. The molecule has 0 saturated heterocycles. The Kier molecular flexibility index (Phi) is 18.0. The lowest BCUT2D eigenvalue weighted by molar-refractivity contribution is -0.144. The summed E-state index contributed by atoms with van der Waals surface area (Å²) in [7, 11) is 0. The van der Waals surface area contributed by atoms with Gasteiger partial charge in [-0.15, -0.1) is 0 Å². The van der Waals surface area contributed by atoms with Crippen LogP contribution in [0.25, 0.3) is 0 Å². The van der Waals surface area contributed by atoms with Crippen molar-refractivity contribution in [2.24, 2.45) is 17.2 Å². The van der Waals surface area contributed by atoms with E-state index in [9.17, 15) is 48.9 Å². The van der Waals surface area contributed by atoms with Gasteiger partial charge in [0.2, 0.25) is 23.6 Å². The van der Waals surface area contributed by atoms with E-state index in [4.69, 9.17) is 22.3 Å². The lowest BCUT2D eigenvalue weighted by atomic mass is 10.0. The molecule has 14 N–H and O–H groups in total. The Bertz CT molecular complexity index is 1230. The van der Waals surface area contributed by atoms with Crippen LogP contribution in [-0.2, 0) is 40.0 Å². The Labute approximate surface area is 270 Å². The molecule has 1 aromatic carbocycles. The monoisotopic (exact) mass is 667 g/mol. The standard InChI is InChI=1S/C29H45N7O11/c30-11-3-1-5-19(26(43)36-22(15-24(40)41)28(45)34-20(29(46)47)6-2-4-12-31)33-27(44)21(13-16-7-9-17(37)10-8-16)35-25(42)18(32)14-23(38)39/h7-10,18-22,37H,1-6,11-15,30-32H2,(H,33,44)(H,34,45)(H,35,42)(H,36,43)(H,38,39)(H,40,41)(H,46,47)/t18-,19-,20-,21-,22-/m0/s1. The Balaban J connectivity index is 3.25. The molecule has 5 atom stereocenters. The van der Waals surface area contributed by atoms with Crippen LogP contribution in [-0.4, -0.2) is 105 Å². The fourth-order valence-corrected chi connectivity index (χ4v) is 4.35. The van der Waals surface area contributed by atoms with Crippen LogP contribution >= 0.6 is 0 Å². The average Bonchev–Trinajstić information content (AvgIpc) is 2.99. The van der Waals surface area contributed by atoms with Gasteiger partial charge in [0.25, 0.3) is 0 Å². The van der Waals surface area contributed by atoms with Gasteiger partial charge in [0, 0.05) is 6.42 Å². The molecule has 0 aromatic heterocycles. The summed E-state index contributed by atoms with van der Waals surface area (Å²) >= 11 is 0. The summed E-state index contributed by atoms with van der Waals surface area (Å²) < 4.78 is 0. The highest BCUT2D eigenvalue weighted by Gasteiger charge is 2.33. The Morgan fingerprint density at radius 1 is 0.596 bits per heavy atom. The summed E-state index contributed by atoms with van der Waals surface area (Å²) in [4.78, 5) is 86.8. The minimum atomic E-state index is -1.72. The first kappa shape index (κ1) is 40.2. The van der Waals surface area contributed by atoms with Crippen molar-refractivity contribution in [2.75, 3.05) is 13.1 Å². The van der Waals surface area contributed by atoms with Gasteiger partial charge in [0.1, 0.15) is 29.9 Å². The number of aromatic hydroxyl groups is 1. The highest BCUT2D eigenvalue weighted by molar-refractivity contribution is 5.96. The number of nitrogens with two attached hydrogens (primary N) is 3. The molecule has 0 heterocycles. The maximum atomic E-state index is 13.5. The zero-order valence-electron chi connectivity index (χ0n) is 25.9. The van der Waals surface area contributed by atoms with E-state index in [2.05, 4.69) is 21.3 Å². The maximum Gasteiger partial charge on any atom is 0.326 e. The number of carbonyl (C=O) groups is 7. The molecule has 0 bridgehead atoms.